The second kappa shape index (κ2) is 7.65. The molecule has 4 fully saturated rings. The third-order valence-electron chi connectivity index (χ3n) is 11.4. The molecule has 0 radical (unpaired) electrons. The number of Topliss-reactive ketones (excluding diaryl/α,β-unsaturated/α-hetero) is 1. The van der Waals surface area contributed by atoms with Crippen molar-refractivity contribution in [3.05, 3.63) is 24.7 Å². The van der Waals surface area contributed by atoms with E-state index in [9.17, 15) is 4.79 Å². The quantitative estimate of drug-likeness (QED) is 0.536. The number of nitrogens with zero attached hydrogens (tertiary/aromatic N) is 3. The third-order valence-corrected chi connectivity index (χ3v) is 11.4. The Morgan fingerprint density at radius 2 is 1.85 bits per heavy atom. The number of hydrogen-bond acceptors (Lipinski definition) is 3. The Hall–Kier alpha value is -1.71. The van der Waals surface area contributed by atoms with Crippen LogP contribution in [0.15, 0.2) is 24.7 Å². The fourth-order valence-corrected chi connectivity index (χ4v) is 9.65. The van der Waals surface area contributed by atoms with Crippen molar-refractivity contribution in [2.75, 3.05) is 0 Å². The van der Waals surface area contributed by atoms with E-state index in [1.807, 2.05) is 16.9 Å². The van der Waals surface area contributed by atoms with Crippen molar-refractivity contribution in [1.82, 2.24) is 14.8 Å². The second-order valence-corrected chi connectivity index (χ2v) is 13.0. The predicted octanol–water partition coefficient (Wildman–Crippen LogP) is 6.54. The Balaban J connectivity index is 1.24. The van der Waals surface area contributed by atoms with Crippen LogP contribution < -0.4 is 0 Å². The lowest BCUT2D eigenvalue weighted by Gasteiger charge is -2.63. The zero-order valence-electron chi connectivity index (χ0n) is 21.0. The van der Waals surface area contributed by atoms with Crippen LogP contribution in [-0.4, -0.2) is 20.5 Å². The number of carbonyl (C=O) groups is 1. The van der Waals surface area contributed by atoms with Crippen LogP contribution in [0.4, 0.5) is 0 Å². The van der Waals surface area contributed by atoms with E-state index >= 15 is 0 Å². The molecule has 2 heterocycles. The van der Waals surface area contributed by atoms with Crippen molar-refractivity contribution < 1.29 is 4.79 Å². The number of carbonyl (C=O) groups excluding carboxylic acids is 1. The maximum Gasteiger partial charge on any atom is 0.157 e. The van der Waals surface area contributed by atoms with Gasteiger partial charge in [0.15, 0.2) is 5.78 Å². The molecule has 0 N–H and O–H groups in total. The minimum Gasteiger partial charge on any atom is -0.297 e. The Bertz CT molecular complexity index is 1030. The molecule has 2 aromatic heterocycles. The molecule has 9 unspecified atom stereocenters. The van der Waals surface area contributed by atoms with Gasteiger partial charge < -0.3 is 0 Å². The standard InChI is InChI=1S/C29H41N3O/c1-18-7-10-28(3)21(13-18)14-19(2)27-23-6-5-22(29(23,4)11-8-24(27)28)26(33)17-32-16-20-9-12-30-15-25(20)31-32/h9,12,15-16,18-19,21-24,27H,5-8,10-11,13-14,17H2,1-4H3. The van der Waals surface area contributed by atoms with Crippen molar-refractivity contribution in [3.63, 3.8) is 0 Å². The van der Waals surface area contributed by atoms with Gasteiger partial charge in [-0.05, 0) is 97.3 Å². The van der Waals surface area contributed by atoms with Gasteiger partial charge in [0.25, 0.3) is 0 Å². The summed E-state index contributed by atoms with van der Waals surface area (Å²) in [4.78, 5) is 17.8. The van der Waals surface area contributed by atoms with E-state index in [1.165, 1.54) is 44.9 Å². The number of pyridine rings is 1. The van der Waals surface area contributed by atoms with Crippen molar-refractivity contribution in [2.45, 2.75) is 85.6 Å². The number of fused-ring (bicyclic) bond motifs is 6. The third kappa shape index (κ3) is 3.26. The number of aromatic nitrogens is 3. The van der Waals surface area contributed by atoms with Gasteiger partial charge in [-0.3, -0.25) is 14.5 Å². The molecule has 178 valence electrons. The molecule has 0 aliphatic heterocycles. The molecule has 0 spiro atoms. The molecule has 4 heteroatoms. The van der Waals surface area contributed by atoms with Crippen LogP contribution in [-0.2, 0) is 11.3 Å². The van der Waals surface area contributed by atoms with Gasteiger partial charge in [-0.15, -0.1) is 0 Å². The van der Waals surface area contributed by atoms with Gasteiger partial charge in [0, 0.05) is 23.7 Å². The van der Waals surface area contributed by atoms with Crippen LogP contribution in [0.1, 0.15) is 79.1 Å². The van der Waals surface area contributed by atoms with E-state index in [2.05, 4.69) is 37.8 Å². The van der Waals surface area contributed by atoms with E-state index in [1.54, 1.807) is 12.4 Å². The maximum atomic E-state index is 13.6. The van der Waals surface area contributed by atoms with Gasteiger partial charge in [0.1, 0.15) is 5.52 Å². The Kier molecular flexibility index (Phi) is 5.05. The Labute approximate surface area is 198 Å². The molecule has 4 nitrogen and oxygen atoms in total. The van der Waals surface area contributed by atoms with Crippen molar-refractivity contribution >= 4 is 16.7 Å². The fourth-order valence-electron chi connectivity index (χ4n) is 9.65. The SMILES string of the molecule is CC1CCC2(C)C(C1)CC(C)C1C2CCC2(C)C(C(=O)Cn3cc4ccncc4n3)CCC12. The highest BCUT2D eigenvalue weighted by atomic mass is 16.1. The normalized spacial score (nSPS) is 44.8. The summed E-state index contributed by atoms with van der Waals surface area (Å²) in [6.45, 7) is 10.6. The average Bonchev–Trinajstić information content (AvgIpc) is 3.34. The smallest absolute Gasteiger partial charge is 0.157 e. The van der Waals surface area contributed by atoms with E-state index in [4.69, 9.17) is 0 Å². The summed E-state index contributed by atoms with van der Waals surface area (Å²) in [7, 11) is 0. The minimum atomic E-state index is 0.172. The largest absolute Gasteiger partial charge is 0.297 e. The molecule has 4 aliphatic carbocycles. The van der Waals surface area contributed by atoms with E-state index in [-0.39, 0.29) is 11.3 Å². The van der Waals surface area contributed by atoms with Crippen LogP contribution in [0.2, 0.25) is 0 Å². The van der Waals surface area contributed by atoms with Crippen molar-refractivity contribution in [3.8, 4) is 0 Å². The van der Waals surface area contributed by atoms with Gasteiger partial charge >= 0.3 is 0 Å². The summed E-state index contributed by atoms with van der Waals surface area (Å²) < 4.78 is 1.86. The molecule has 33 heavy (non-hydrogen) atoms. The summed E-state index contributed by atoms with van der Waals surface area (Å²) in [6, 6.07) is 1.97. The van der Waals surface area contributed by atoms with Crippen LogP contribution in [0.5, 0.6) is 0 Å². The summed E-state index contributed by atoms with van der Waals surface area (Å²) in [5.74, 6) is 5.63. The molecular formula is C29H41N3O. The monoisotopic (exact) mass is 447 g/mol. The van der Waals surface area contributed by atoms with Gasteiger partial charge in [0.05, 0.1) is 12.7 Å². The second-order valence-electron chi connectivity index (χ2n) is 13.0. The molecule has 4 aliphatic rings. The first-order valence-electron chi connectivity index (χ1n) is 13.6. The lowest BCUT2D eigenvalue weighted by molar-refractivity contribution is -0.148. The van der Waals surface area contributed by atoms with Crippen LogP contribution >= 0.6 is 0 Å². The van der Waals surface area contributed by atoms with E-state index in [0.29, 0.717) is 17.7 Å². The molecule has 9 atom stereocenters. The molecule has 2 aromatic rings. The Morgan fingerprint density at radius 3 is 2.67 bits per heavy atom. The van der Waals surface area contributed by atoms with Gasteiger partial charge in [0.2, 0.25) is 0 Å². The number of ketones is 1. The summed E-state index contributed by atoms with van der Waals surface area (Å²) in [5.41, 5.74) is 1.59. The van der Waals surface area contributed by atoms with Crippen LogP contribution in [0.25, 0.3) is 10.9 Å². The molecule has 6 rings (SSSR count). The molecule has 4 saturated carbocycles. The lowest BCUT2D eigenvalue weighted by Crippen LogP contribution is -2.56. The predicted molar refractivity (Wildman–Crippen MR) is 131 cm³/mol. The van der Waals surface area contributed by atoms with Crippen LogP contribution in [0.3, 0.4) is 0 Å². The highest BCUT2D eigenvalue weighted by molar-refractivity contribution is 5.83. The van der Waals surface area contributed by atoms with E-state index in [0.717, 1.165) is 52.8 Å². The summed E-state index contributed by atoms with van der Waals surface area (Å²) >= 11 is 0. The highest BCUT2D eigenvalue weighted by Crippen LogP contribution is 2.69. The van der Waals surface area contributed by atoms with Gasteiger partial charge in [-0.1, -0.05) is 34.1 Å². The molecule has 0 bridgehead atoms. The number of rotatable bonds is 3. The first-order chi connectivity index (χ1) is 15.8. The van der Waals surface area contributed by atoms with Gasteiger partial charge in [-0.2, -0.15) is 5.10 Å². The zero-order chi connectivity index (χ0) is 23.0. The van der Waals surface area contributed by atoms with E-state index < -0.39 is 0 Å². The maximum absolute atomic E-state index is 13.6. The molecular weight excluding hydrogens is 406 g/mol. The fraction of sp³-hybridized carbons (Fsp3) is 0.759. The first kappa shape index (κ1) is 21.8. The van der Waals surface area contributed by atoms with Crippen LogP contribution in [0, 0.1) is 52.3 Å². The minimum absolute atomic E-state index is 0.172. The highest BCUT2D eigenvalue weighted by Gasteiger charge is 2.62. The van der Waals surface area contributed by atoms with Gasteiger partial charge in [-0.25, -0.2) is 0 Å². The molecule has 0 amide bonds. The lowest BCUT2D eigenvalue weighted by atomic mass is 9.42. The first-order valence-corrected chi connectivity index (χ1v) is 13.6. The summed E-state index contributed by atoms with van der Waals surface area (Å²) in [5, 5.41) is 5.69. The molecule has 0 aromatic carbocycles. The average molecular weight is 448 g/mol. The zero-order valence-corrected chi connectivity index (χ0v) is 21.0. The topological polar surface area (TPSA) is 47.8 Å². The number of hydrogen-bond donors (Lipinski definition) is 0. The van der Waals surface area contributed by atoms with Crippen molar-refractivity contribution in [2.24, 2.45) is 52.3 Å². The molecule has 0 saturated heterocycles. The Morgan fingerprint density at radius 1 is 1.06 bits per heavy atom. The van der Waals surface area contributed by atoms with Crippen molar-refractivity contribution in [1.29, 1.82) is 0 Å². The summed E-state index contributed by atoms with van der Waals surface area (Å²) in [6.07, 6.45) is 16.2.